The molecule has 1 aromatic heterocycles. The zero-order chi connectivity index (χ0) is 13.8. The molecule has 0 aliphatic heterocycles. The van der Waals surface area contributed by atoms with Gasteiger partial charge in [-0.05, 0) is 30.7 Å². The summed E-state index contributed by atoms with van der Waals surface area (Å²) in [6.45, 7) is 1.99. The minimum atomic E-state index is -0.198. The largest absolute Gasteiger partial charge is 0.481 e. The van der Waals surface area contributed by atoms with E-state index in [9.17, 15) is 4.79 Å². The van der Waals surface area contributed by atoms with E-state index in [0.29, 0.717) is 11.4 Å². The number of carbonyl (C=O) groups is 1. The number of carbonyl (C=O) groups excluding carboxylic acids is 1. The molecule has 98 valence electrons. The van der Waals surface area contributed by atoms with Gasteiger partial charge in [-0.2, -0.15) is 0 Å². The lowest BCUT2D eigenvalue weighted by molar-refractivity contribution is 0.102. The van der Waals surface area contributed by atoms with E-state index in [-0.39, 0.29) is 5.91 Å². The highest BCUT2D eigenvalue weighted by molar-refractivity contribution is 9.10. The van der Waals surface area contributed by atoms with Gasteiger partial charge in [-0.25, -0.2) is 4.98 Å². The summed E-state index contributed by atoms with van der Waals surface area (Å²) in [7, 11) is 1.51. The smallest absolute Gasteiger partial charge is 0.255 e. The summed E-state index contributed by atoms with van der Waals surface area (Å²) >= 11 is 3.43. The molecule has 0 aliphatic rings. The summed E-state index contributed by atoms with van der Waals surface area (Å²) in [4.78, 5) is 16.0. The molecular formula is C14H13BrN2O2. The summed E-state index contributed by atoms with van der Waals surface area (Å²) < 4.78 is 5.95. The fourth-order valence-corrected chi connectivity index (χ4v) is 1.91. The Hall–Kier alpha value is -1.88. The fourth-order valence-electron chi connectivity index (χ4n) is 1.54. The third-order valence-corrected chi connectivity index (χ3v) is 3.49. The first-order chi connectivity index (χ1) is 9.10. The van der Waals surface area contributed by atoms with Gasteiger partial charge in [0.25, 0.3) is 5.91 Å². The van der Waals surface area contributed by atoms with Gasteiger partial charge >= 0.3 is 0 Å². The Kier molecular flexibility index (Phi) is 4.16. The van der Waals surface area contributed by atoms with Gasteiger partial charge in [0.05, 0.1) is 7.11 Å². The van der Waals surface area contributed by atoms with Gasteiger partial charge in [0, 0.05) is 28.0 Å². The number of nitrogens with one attached hydrogen (secondary N) is 1. The minimum absolute atomic E-state index is 0.198. The van der Waals surface area contributed by atoms with E-state index in [4.69, 9.17) is 4.74 Å². The summed E-state index contributed by atoms with van der Waals surface area (Å²) in [5, 5.41) is 2.83. The van der Waals surface area contributed by atoms with E-state index < -0.39 is 0 Å². The van der Waals surface area contributed by atoms with Crippen LogP contribution in [0.1, 0.15) is 15.9 Å². The van der Waals surface area contributed by atoms with E-state index in [0.717, 1.165) is 15.7 Å². The predicted molar refractivity (Wildman–Crippen MR) is 77.6 cm³/mol. The van der Waals surface area contributed by atoms with Crippen molar-refractivity contribution in [3.63, 3.8) is 0 Å². The Morgan fingerprint density at radius 3 is 2.79 bits per heavy atom. The van der Waals surface area contributed by atoms with Crippen molar-refractivity contribution < 1.29 is 9.53 Å². The molecule has 2 aromatic rings. The normalized spacial score (nSPS) is 10.1. The van der Waals surface area contributed by atoms with Crippen molar-refractivity contribution in [1.82, 2.24) is 4.98 Å². The standard InChI is InChI=1S/C14H13BrN2O2/c1-9-3-4-11(8-12(9)15)17-14(18)10-5-6-16-13(7-10)19-2/h3-8H,1-2H3,(H,17,18). The van der Waals surface area contributed by atoms with Gasteiger partial charge < -0.3 is 10.1 Å². The molecule has 0 unspecified atom stereocenters. The molecule has 0 fully saturated rings. The van der Waals surface area contributed by atoms with Gasteiger partial charge in [0.2, 0.25) is 5.88 Å². The maximum absolute atomic E-state index is 12.1. The number of hydrogen-bond donors (Lipinski definition) is 1. The summed E-state index contributed by atoms with van der Waals surface area (Å²) in [5.41, 5.74) is 2.35. The molecule has 0 radical (unpaired) electrons. The summed E-state index contributed by atoms with van der Waals surface area (Å²) in [6.07, 6.45) is 1.54. The Labute approximate surface area is 119 Å². The van der Waals surface area contributed by atoms with Crippen molar-refractivity contribution >= 4 is 27.5 Å². The lowest BCUT2D eigenvalue weighted by Crippen LogP contribution is -2.12. The third kappa shape index (κ3) is 3.32. The van der Waals surface area contributed by atoms with Crippen molar-refractivity contribution in [3.8, 4) is 5.88 Å². The molecule has 0 saturated carbocycles. The topological polar surface area (TPSA) is 51.2 Å². The van der Waals surface area contributed by atoms with E-state index in [1.165, 1.54) is 7.11 Å². The van der Waals surface area contributed by atoms with E-state index in [1.807, 2.05) is 25.1 Å². The zero-order valence-electron chi connectivity index (χ0n) is 10.6. The fraction of sp³-hybridized carbons (Fsp3) is 0.143. The van der Waals surface area contributed by atoms with Crippen molar-refractivity contribution in [2.75, 3.05) is 12.4 Å². The number of ether oxygens (including phenoxy) is 1. The first-order valence-corrected chi connectivity index (χ1v) is 6.47. The van der Waals surface area contributed by atoms with Gasteiger partial charge in [0.1, 0.15) is 0 Å². The lowest BCUT2D eigenvalue weighted by Gasteiger charge is -2.07. The Bertz CT molecular complexity index is 614. The molecule has 0 bridgehead atoms. The monoisotopic (exact) mass is 320 g/mol. The number of amides is 1. The molecule has 0 spiro atoms. The zero-order valence-corrected chi connectivity index (χ0v) is 12.2. The maximum Gasteiger partial charge on any atom is 0.255 e. The Morgan fingerprint density at radius 2 is 2.11 bits per heavy atom. The van der Waals surface area contributed by atoms with Crippen LogP contribution < -0.4 is 10.1 Å². The third-order valence-electron chi connectivity index (χ3n) is 2.64. The number of aryl methyl sites for hydroxylation is 1. The molecule has 2 rings (SSSR count). The molecular weight excluding hydrogens is 308 g/mol. The first-order valence-electron chi connectivity index (χ1n) is 5.67. The molecule has 5 heteroatoms. The molecule has 4 nitrogen and oxygen atoms in total. The van der Waals surface area contributed by atoms with E-state index >= 15 is 0 Å². The molecule has 1 aromatic carbocycles. The van der Waals surface area contributed by atoms with Gasteiger partial charge in [0.15, 0.2) is 0 Å². The molecule has 1 N–H and O–H groups in total. The van der Waals surface area contributed by atoms with Gasteiger partial charge in [-0.3, -0.25) is 4.79 Å². The second-order valence-corrected chi connectivity index (χ2v) is 4.86. The van der Waals surface area contributed by atoms with Crippen LogP contribution in [0.25, 0.3) is 0 Å². The van der Waals surface area contributed by atoms with Crippen LogP contribution in [0.2, 0.25) is 0 Å². The highest BCUT2D eigenvalue weighted by atomic mass is 79.9. The summed E-state index contributed by atoms with van der Waals surface area (Å²) in [5.74, 6) is 0.217. The van der Waals surface area contributed by atoms with Crippen LogP contribution in [-0.4, -0.2) is 18.0 Å². The molecule has 19 heavy (non-hydrogen) atoms. The second-order valence-electron chi connectivity index (χ2n) is 4.00. The lowest BCUT2D eigenvalue weighted by atomic mass is 10.2. The maximum atomic E-state index is 12.1. The minimum Gasteiger partial charge on any atom is -0.481 e. The first kappa shape index (κ1) is 13.5. The number of anilines is 1. The predicted octanol–water partition coefficient (Wildman–Crippen LogP) is 3.41. The number of methoxy groups -OCH3 is 1. The number of hydrogen-bond acceptors (Lipinski definition) is 3. The summed E-state index contributed by atoms with van der Waals surface area (Å²) in [6, 6.07) is 8.90. The average Bonchev–Trinajstić information content (AvgIpc) is 2.43. The van der Waals surface area contributed by atoms with Crippen LogP contribution in [0, 0.1) is 6.92 Å². The van der Waals surface area contributed by atoms with E-state index in [1.54, 1.807) is 18.3 Å². The van der Waals surface area contributed by atoms with Crippen LogP contribution in [-0.2, 0) is 0 Å². The molecule has 0 atom stereocenters. The van der Waals surface area contributed by atoms with Crippen molar-refractivity contribution in [3.05, 3.63) is 52.1 Å². The highest BCUT2D eigenvalue weighted by Gasteiger charge is 2.08. The van der Waals surface area contributed by atoms with Crippen LogP contribution in [0.3, 0.4) is 0 Å². The van der Waals surface area contributed by atoms with E-state index in [2.05, 4.69) is 26.2 Å². The quantitative estimate of drug-likeness (QED) is 0.942. The molecule has 0 aliphatic carbocycles. The molecule has 1 amide bonds. The highest BCUT2D eigenvalue weighted by Crippen LogP contribution is 2.21. The number of nitrogens with zero attached hydrogens (tertiary/aromatic N) is 1. The Balaban J connectivity index is 2.18. The SMILES string of the molecule is COc1cc(C(=O)Nc2ccc(C)c(Br)c2)ccn1. The van der Waals surface area contributed by atoms with Crippen LogP contribution >= 0.6 is 15.9 Å². The second kappa shape index (κ2) is 5.84. The number of rotatable bonds is 3. The van der Waals surface area contributed by atoms with Crippen LogP contribution in [0.4, 0.5) is 5.69 Å². The van der Waals surface area contributed by atoms with Crippen molar-refractivity contribution in [2.45, 2.75) is 6.92 Å². The average molecular weight is 321 g/mol. The Morgan fingerprint density at radius 1 is 1.32 bits per heavy atom. The number of halogens is 1. The van der Waals surface area contributed by atoms with Gasteiger partial charge in [-0.15, -0.1) is 0 Å². The van der Waals surface area contributed by atoms with Crippen molar-refractivity contribution in [2.24, 2.45) is 0 Å². The number of aromatic nitrogens is 1. The van der Waals surface area contributed by atoms with Gasteiger partial charge in [-0.1, -0.05) is 22.0 Å². The number of benzene rings is 1. The molecule has 0 saturated heterocycles. The van der Waals surface area contributed by atoms with Crippen LogP contribution in [0.5, 0.6) is 5.88 Å². The van der Waals surface area contributed by atoms with Crippen LogP contribution in [0.15, 0.2) is 41.0 Å². The van der Waals surface area contributed by atoms with Crippen molar-refractivity contribution in [1.29, 1.82) is 0 Å². The molecule has 1 heterocycles. The number of pyridine rings is 1.